The van der Waals surface area contributed by atoms with Crippen LogP contribution in [0.5, 0.6) is 0 Å². The van der Waals surface area contributed by atoms with E-state index < -0.39 is 0 Å². The van der Waals surface area contributed by atoms with Gasteiger partial charge in [0.05, 0.1) is 18.4 Å². The van der Waals surface area contributed by atoms with Gasteiger partial charge in [0, 0.05) is 13.1 Å². The van der Waals surface area contributed by atoms with Gasteiger partial charge >= 0.3 is 0 Å². The molecule has 0 saturated carbocycles. The van der Waals surface area contributed by atoms with E-state index in [-0.39, 0.29) is 18.4 Å². The van der Waals surface area contributed by atoms with Crippen LogP contribution >= 0.6 is 0 Å². The standard InChI is InChI=1S/C19H22N2O3/c22-18(13-20-19(23)17-9-12-24-14-17)21-10-4-7-16(8-11-21)15-5-2-1-3-6-15/h1-3,5-6,9,12,14,16H,4,7-8,10-11,13H2,(H,20,23)/t16-/m1/s1. The lowest BCUT2D eigenvalue weighted by molar-refractivity contribution is -0.130. The van der Waals surface area contributed by atoms with E-state index in [0.717, 1.165) is 32.4 Å². The van der Waals surface area contributed by atoms with Crippen molar-refractivity contribution in [2.75, 3.05) is 19.6 Å². The molecule has 0 radical (unpaired) electrons. The number of amides is 2. The van der Waals surface area contributed by atoms with E-state index in [0.29, 0.717) is 11.5 Å². The monoisotopic (exact) mass is 326 g/mol. The van der Waals surface area contributed by atoms with Crippen LogP contribution in [0.15, 0.2) is 53.3 Å². The van der Waals surface area contributed by atoms with Crippen LogP contribution in [-0.4, -0.2) is 36.3 Å². The van der Waals surface area contributed by atoms with Crippen LogP contribution in [0.25, 0.3) is 0 Å². The molecule has 0 aliphatic carbocycles. The number of carbonyl (C=O) groups excluding carboxylic acids is 2. The largest absolute Gasteiger partial charge is 0.472 e. The average molecular weight is 326 g/mol. The topological polar surface area (TPSA) is 62.6 Å². The third kappa shape index (κ3) is 4.04. The molecule has 0 spiro atoms. The minimum Gasteiger partial charge on any atom is -0.472 e. The van der Waals surface area contributed by atoms with E-state index >= 15 is 0 Å². The molecule has 1 aliphatic heterocycles. The first-order chi connectivity index (χ1) is 11.7. The van der Waals surface area contributed by atoms with Gasteiger partial charge < -0.3 is 14.6 Å². The number of hydrogen-bond donors (Lipinski definition) is 1. The Morgan fingerprint density at radius 2 is 1.96 bits per heavy atom. The molecule has 5 nitrogen and oxygen atoms in total. The summed E-state index contributed by atoms with van der Waals surface area (Å²) in [6.07, 6.45) is 5.85. The van der Waals surface area contributed by atoms with E-state index in [4.69, 9.17) is 4.42 Å². The number of nitrogens with one attached hydrogen (secondary N) is 1. The van der Waals surface area contributed by atoms with Gasteiger partial charge in [0.1, 0.15) is 6.26 Å². The minimum atomic E-state index is -0.283. The Balaban J connectivity index is 1.50. The van der Waals surface area contributed by atoms with Crippen LogP contribution in [0, 0.1) is 0 Å². The lowest BCUT2D eigenvalue weighted by Crippen LogP contribution is -2.40. The Morgan fingerprint density at radius 1 is 1.12 bits per heavy atom. The average Bonchev–Trinajstić information content (AvgIpc) is 3.05. The van der Waals surface area contributed by atoms with Gasteiger partial charge in [0.15, 0.2) is 0 Å². The number of likely N-dealkylation sites (tertiary alicyclic amines) is 1. The number of carbonyl (C=O) groups is 2. The Labute approximate surface area is 141 Å². The van der Waals surface area contributed by atoms with Crippen molar-refractivity contribution in [1.82, 2.24) is 10.2 Å². The lowest BCUT2D eigenvalue weighted by Gasteiger charge is -2.21. The van der Waals surface area contributed by atoms with Crippen molar-refractivity contribution < 1.29 is 14.0 Å². The van der Waals surface area contributed by atoms with Crippen LogP contribution < -0.4 is 5.32 Å². The summed E-state index contributed by atoms with van der Waals surface area (Å²) in [7, 11) is 0. The predicted molar refractivity (Wildman–Crippen MR) is 90.7 cm³/mol. The first kappa shape index (κ1) is 16.3. The van der Waals surface area contributed by atoms with Gasteiger partial charge in [0.25, 0.3) is 5.91 Å². The molecular weight excluding hydrogens is 304 g/mol. The zero-order chi connectivity index (χ0) is 16.8. The van der Waals surface area contributed by atoms with Crippen LogP contribution in [0.1, 0.15) is 41.1 Å². The second-order valence-electron chi connectivity index (χ2n) is 6.11. The number of furan rings is 1. The van der Waals surface area contributed by atoms with Crippen molar-refractivity contribution in [3.05, 3.63) is 60.1 Å². The van der Waals surface area contributed by atoms with E-state index in [1.54, 1.807) is 6.07 Å². The summed E-state index contributed by atoms with van der Waals surface area (Å²) in [4.78, 5) is 26.1. The molecule has 2 aromatic rings. The van der Waals surface area contributed by atoms with Crippen LogP contribution in [0.2, 0.25) is 0 Å². The number of benzene rings is 1. The SMILES string of the molecule is O=C(NCC(=O)N1CCC[C@@H](c2ccccc2)CC1)c1ccoc1. The normalized spacial score (nSPS) is 18.0. The highest BCUT2D eigenvalue weighted by Crippen LogP contribution is 2.27. The van der Waals surface area contributed by atoms with Gasteiger partial charge in [-0.25, -0.2) is 0 Å². The van der Waals surface area contributed by atoms with Gasteiger partial charge in [-0.3, -0.25) is 9.59 Å². The molecule has 2 amide bonds. The number of hydrogen-bond acceptors (Lipinski definition) is 3. The van der Waals surface area contributed by atoms with E-state index in [9.17, 15) is 9.59 Å². The fraction of sp³-hybridized carbons (Fsp3) is 0.368. The third-order valence-electron chi connectivity index (χ3n) is 4.54. The van der Waals surface area contributed by atoms with Gasteiger partial charge in [-0.2, -0.15) is 0 Å². The summed E-state index contributed by atoms with van der Waals surface area (Å²) >= 11 is 0. The maximum absolute atomic E-state index is 12.4. The smallest absolute Gasteiger partial charge is 0.254 e. The van der Waals surface area contributed by atoms with E-state index in [1.807, 2.05) is 11.0 Å². The first-order valence-corrected chi connectivity index (χ1v) is 8.37. The second kappa shape index (κ2) is 7.81. The summed E-state index contributed by atoms with van der Waals surface area (Å²) in [6, 6.07) is 12.1. The van der Waals surface area contributed by atoms with Crippen molar-refractivity contribution >= 4 is 11.8 Å². The summed E-state index contributed by atoms with van der Waals surface area (Å²) < 4.78 is 4.87. The summed E-state index contributed by atoms with van der Waals surface area (Å²) in [5.41, 5.74) is 1.78. The molecule has 0 unspecified atom stereocenters. The fourth-order valence-electron chi connectivity index (χ4n) is 3.17. The third-order valence-corrected chi connectivity index (χ3v) is 4.54. The molecule has 1 aromatic heterocycles. The predicted octanol–water partition coefficient (Wildman–Crippen LogP) is 2.81. The van der Waals surface area contributed by atoms with Gasteiger partial charge in [-0.05, 0) is 36.8 Å². The Kier molecular flexibility index (Phi) is 5.31. The molecule has 0 bridgehead atoms. The van der Waals surface area contributed by atoms with E-state index in [2.05, 4.69) is 29.6 Å². The maximum atomic E-state index is 12.4. The van der Waals surface area contributed by atoms with Crippen LogP contribution in [0.3, 0.4) is 0 Å². The zero-order valence-electron chi connectivity index (χ0n) is 13.6. The molecule has 126 valence electrons. The minimum absolute atomic E-state index is 0.0273. The molecule has 1 fully saturated rings. The Morgan fingerprint density at radius 3 is 2.71 bits per heavy atom. The van der Waals surface area contributed by atoms with Crippen molar-refractivity contribution in [3.63, 3.8) is 0 Å². The zero-order valence-corrected chi connectivity index (χ0v) is 13.6. The maximum Gasteiger partial charge on any atom is 0.254 e. The molecular formula is C19H22N2O3. The molecule has 1 aliphatic rings. The molecule has 2 heterocycles. The number of nitrogens with zero attached hydrogens (tertiary/aromatic N) is 1. The first-order valence-electron chi connectivity index (χ1n) is 8.37. The van der Waals surface area contributed by atoms with Gasteiger partial charge in [-0.15, -0.1) is 0 Å². The molecule has 1 N–H and O–H groups in total. The van der Waals surface area contributed by atoms with Crippen molar-refractivity contribution in [3.8, 4) is 0 Å². The molecule has 3 rings (SSSR count). The van der Waals surface area contributed by atoms with E-state index in [1.165, 1.54) is 18.1 Å². The van der Waals surface area contributed by atoms with Gasteiger partial charge in [-0.1, -0.05) is 30.3 Å². The highest BCUT2D eigenvalue weighted by Gasteiger charge is 2.22. The van der Waals surface area contributed by atoms with Crippen molar-refractivity contribution in [2.24, 2.45) is 0 Å². The highest BCUT2D eigenvalue weighted by atomic mass is 16.3. The Hall–Kier alpha value is -2.56. The summed E-state index contributed by atoms with van der Waals surface area (Å²) in [5.74, 6) is 0.194. The van der Waals surface area contributed by atoms with Crippen LogP contribution in [-0.2, 0) is 4.79 Å². The van der Waals surface area contributed by atoms with Crippen LogP contribution in [0.4, 0.5) is 0 Å². The Bertz CT molecular complexity index is 667. The number of rotatable bonds is 4. The summed E-state index contributed by atoms with van der Waals surface area (Å²) in [5, 5.41) is 2.66. The molecule has 1 atom stereocenters. The van der Waals surface area contributed by atoms with Crippen molar-refractivity contribution in [1.29, 1.82) is 0 Å². The van der Waals surface area contributed by atoms with Crippen molar-refractivity contribution in [2.45, 2.75) is 25.2 Å². The summed E-state index contributed by atoms with van der Waals surface area (Å²) in [6.45, 7) is 1.52. The highest BCUT2D eigenvalue weighted by molar-refractivity contribution is 5.96. The molecule has 1 saturated heterocycles. The van der Waals surface area contributed by atoms with Gasteiger partial charge in [0.2, 0.25) is 5.91 Å². The lowest BCUT2D eigenvalue weighted by atomic mass is 9.92. The molecule has 24 heavy (non-hydrogen) atoms. The fourth-order valence-corrected chi connectivity index (χ4v) is 3.17. The molecule has 1 aromatic carbocycles. The second-order valence-corrected chi connectivity index (χ2v) is 6.11. The molecule has 5 heteroatoms. The quantitative estimate of drug-likeness (QED) is 0.940.